The Morgan fingerprint density at radius 1 is 0.295 bits per heavy atom. The zero-order chi connectivity index (χ0) is 69.8. The van der Waals surface area contributed by atoms with Crippen molar-refractivity contribution in [2.45, 2.75) is 419 Å². The van der Waals surface area contributed by atoms with E-state index >= 15 is 0 Å². The molecular weight excluding hydrogens is 1250 g/mol. The highest BCUT2D eigenvalue weighted by Gasteiger charge is 2.30. The van der Waals surface area contributed by atoms with Gasteiger partial charge in [0.15, 0.2) is 12.2 Å². The van der Waals surface area contributed by atoms with Crippen LogP contribution in [0.4, 0.5) is 0 Å². The van der Waals surface area contributed by atoms with E-state index < -0.39 is 97.5 Å². The Morgan fingerprint density at radius 2 is 0.505 bits per heavy atom. The lowest BCUT2D eigenvalue weighted by atomic mass is 9.99. The zero-order valence-corrected chi connectivity index (χ0v) is 63.6. The third-order valence-electron chi connectivity index (χ3n) is 18.1. The predicted octanol–water partition coefficient (Wildman–Crippen LogP) is 22.5. The highest BCUT2D eigenvalue weighted by molar-refractivity contribution is 7.47. The molecule has 3 N–H and O–H groups in total. The van der Waals surface area contributed by atoms with Gasteiger partial charge < -0.3 is 33.8 Å². The molecule has 19 heteroatoms. The Bertz CT molecular complexity index is 1820. The topological polar surface area (TPSA) is 237 Å². The molecule has 0 saturated heterocycles. The van der Waals surface area contributed by atoms with Crippen molar-refractivity contribution < 1.29 is 80.2 Å². The molecule has 0 heterocycles. The first-order chi connectivity index (χ1) is 46.1. The molecule has 0 aromatic rings. The minimum absolute atomic E-state index is 0.108. The number of aliphatic hydroxyl groups excluding tert-OH is 1. The molecule has 564 valence electrons. The summed E-state index contributed by atoms with van der Waals surface area (Å²) >= 11 is 0. The Morgan fingerprint density at radius 3 is 0.747 bits per heavy atom. The van der Waals surface area contributed by atoms with Crippen molar-refractivity contribution in [1.82, 2.24) is 0 Å². The largest absolute Gasteiger partial charge is 0.472 e. The van der Waals surface area contributed by atoms with Gasteiger partial charge in [0.1, 0.15) is 19.3 Å². The number of ether oxygens (including phenoxy) is 4. The zero-order valence-electron chi connectivity index (χ0n) is 61.8. The summed E-state index contributed by atoms with van der Waals surface area (Å²) in [7, 11) is -9.91. The predicted molar refractivity (Wildman–Crippen MR) is 386 cm³/mol. The molecule has 0 saturated carbocycles. The number of esters is 4. The van der Waals surface area contributed by atoms with Crippen LogP contribution >= 0.6 is 15.6 Å². The number of hydrogen-bond acceptors (Lipinski definition) is 15. The van der Waals surface area contributed by atoms with Crippen LogP contribution in [0.2, 0.25) is 0 Å². The van der Waals surface area contributed by atoms with Crippen molar-refractivity contribution in [2.75, 3.05) is 39.6 Å². The first kappa shape index (κ1) is 93.1. The van der Waals surface area contributed by atoms with E-state index in [-0.39, 0.29) is 25.7 Å². The molecule has 0 spiro atoms. The SMILES string of the molecule is CCCCCCCCCCCCCCCCCCCCCCC(=O)O[C@H](COC(=O)CCCCCCCCCCCCC(C)CC)COP(=O)(O)OC[C@@H](O)COP(=O)(O)OC[C@@H](COC(=O)CCCCCCCCCCC)OC(=O)CCCCCCCCCCCCCC. The van der Waals surface area contributed by atoms with Gasteiger partial charge in [-0.2, -0.15) is 0 Å². The molecule has 0 fully saturated rings. The molecular formula is C76H148O17P2. The molecule has 0 amide bonds. The van der Waals surface area contributed by atoms with E-state index in [9.17, 15) is 43.2 Å². The summed E-state index contributed by atoms with van der Waals surface area (Å²) in [5.41, 5.74) is 0. The third-order valence-corrected chi connectivity index (χ3v) is 20.0. The number of unbranched alkanes of at least 4 members (excludes halogenated alkanes) is 47. The molecule has 0 bridgehead atoms. The molecule has 3 unspecified atom stereocenters. The normalized spacial score (nSPS) is 14.2. The smallest absolute Gasteiger partial charge is 0.462 e. The van der Waals surface area contributed by atoms with Crippen LogP contribution in [0.5, 0.6) is 0 Å². The van der Waals surface area contributed by atoms with Gasteiger partial charge in [-0.05, 0) is 31.6 Å². The maximum absolute atomic E-state index is 13.1. The third kappa shape index (κ3) is 69.0. The van der Waals surface area contributed by atoms with Crippen molar-refractivity contribution in [3.63, 3.8) is 0 Å². The van der Waals surface area contributed by atoms with E-state index in [1.807, 2.05) is 0 Å². The molecule has 0 aliphatic rings. The lowest BCUT2D eigenvalue weighted by Gasteiger charge is -2.21. The van der Waals surface area contributed by atoms with E-state index in [0.717, 1.165) is 95.8 Å². The number of phosphoric acid groups is 2. The van der Waals surface area contributed by atoms with E-state index in [1.165, 1.54) is 225 Å². The van der Waals surface area contributed by atoms with Crippen LogP contribution in [0.1, 0.15) is 401 Å². The fourth-order valence-electron chi connectivity index (χ4n) is 11.7. The lowest BCUT2D eigenvalue weighted by molar-refractivity contribution is -0.161. The van der Waals surface area contributed by atoms with E-state index in [4.69, 9.17) is 37.0 Å². The molecule has 0 aliphatic heterocycles. The minimum atomic E-state index is -4.96. The molecule has 0 rings (SSSR count). The van der Waals surface area contributed by atoms with Crippen molar-refractivity contribution in [3.8, 4) is 0 Å². The van der Waals surface area contributed by atoms with E-state index in [0.29, 0.717) is 25.7 Å². The van der Waals surface area contributed by atoms with Gasteiger partial charge in [0.25, 0.3) is 0 Å². The summed E-state index contributed by atoms with van der Waals surface area (Å²) < 4.78 is 68.5. The summed E-state index contributed by atoms with van der Waals surface area (Å²) in [5.74, 6) is -1.30. The summed E-state index contributed by atoms with van der Waals surface area (Å²) in [5, 5.41) is 10.6. The first-order valence-corrected chi connectivity index (χ1v) is 42.7. The second-order valence-electron chi connectivity index (χ2n) is 27.6. The Balaban J connectivity index is 5.21. The van der Waals surface area contributed by atoms with Crippen LogP contribution in [0.15, 0.2) is 0 Å². The second kappa shape index (κ2) is 69.2. The van der Waals surface area contributed by atoms with E-state index in [1.54, 1.807) is 0 Å². The highest BCUT2D eigenvalue weighted by Crippen LogP contribution is 2.45. The lowest BCUT2D eigenvalue weighted by Crippen LogP contribution is -2.30. The van der Waals surface area contributed by atoms with Crippen molar-refractivity contribution in [3.05, 3.63) is 0 Å². The fraction of sp³-hybridized carbons (Fsp3) is 0.947. The molecule has 95 heavy (non-hydrogen) atoms. The van der Waals surface area contributed by atoms with Gasteiger partial charge in [-0.1, -0.05) is 349 Å². The highest BCUT2D eigenvalue weighted by atomic mass is 31.2. The van der Waals surface area contributed by atoms with Crippen LogP contribution in [0.25, 0.3) is 0 Å². The van der Waals surface area contributed by atoms with Crippen LogP contribution in [-0.4, -0.2) is 96.7 Å². The number of carbonyl (C=O) groups is 4. The fourth-order valence-corrected chi connectivity index (χ4v) is 13.3. The first-order valence-electron chi connectivity index (χ1n) is 39.7. The Labute approximate surface area is 581 Å². The molecule has 0 aromatic carbocycles. The molecule has 6 atom stereocenters. The van der Waals surface area contributed by atoms with Gasteiger partial charge in [-0.15, -0.1) is 0 Å². The summed E-state index contributed by atoms with van der Waals surface area (Å²) in [6.45, 7) is 7.30. The minimum Gasteiger partial charge on any atom is -0.462 e. The Kier molecular flexibility index (Phi) is 67.7. The maximum atomic E-state index is 13.1. The van der Waals surface area contributed by atoms with Crippen LogP contribution < -0.4 is 0 Å². The molecule has 0 aromatic heterocycles. The summed E-state index contributed by atoms with van der Waals surface area (Å²) in [6.07, 6.45) is 58.2. The van der Waals surface area contributed by atoms with Gasteiger partial charge in [0.2, 0.25) is 0 Å². The van der Waals surface area contributed by atoms with Crippen molar-refractivity contribution in [2.24, 2.45) is 5.92 Å². The van der Waals surface area contributed by atoms with E-state index in [2.05, 4.69) is 34.6 Å². The molecule has 17 nitrogen and oxygen atoms in total. The summed E-state index contributed by atoms with van der Waals surface area (Å²) in [4.78, 5) is 72.7. The average Bonchev–Trinajstić information content (AvgIpc) is 1.48. The van der Waals surface area contributed by atoms with Crippen LogP contribution in [0, 0.1) is 5.92 Å². The standard InChI is InChI=1S/C76H148O17P2/c1-6-10-13-16-19-22-24-26-27-28-29-30-31-32-33-35-42-47-52-57-62-76(81)93-72(66-87-74(79)60-55-50-45-40-37-36-39-43-48-53-58-69(5)9-4)68-91-95(84,85)89-64-70(77)63-88-94(82,83)90-67-71(65-86-73(78)59-54-49-44-38-21-18-15-12-8-3)92-75(80)61-56-51-46-41-34-25-23-20-17-14-11-7-2/h69-72,77H,6-68H2,1-5H3,(H,82,83)(H,84,85)/t69?,70-,71+,72+/m0/s1. The second-order valence-corrected chi connectivity index (χ2v) is 30.5. The Hall–Kier alpha value is -1.94. The average molecular weight is 1400 g/mol. The molecule has 0 radical (unpaired) electrons. The molecule has 0 aliphatic carbocycles. The van der Waals surface area contributed by atoms with Gasteiger partial charge >= 0.3 is 39.5 Å². The van der Waals surface area contributed by atoms with Crippen molar-refractivity contribution in [1.29, 1.82) is 0 Å². The van der Waals surface area contributed by atoms with Crippen LogP contribution in [-0.2, 0) is 65.4 Å². The monoisotopic (exact) mass is 1400 g/mol. The van der Waals surface area contributed by atoms with Crippen LogP contribution in [0.3, 0.4) is 0 Å². The number of hydrogen-bond donors (Lipinski definition) is 3. The number of aliphatic hydroxyl groups is 1. The van der Waals surface area contributed by atoms with Crippen molar-refractivity contribution >= 4 is 39.5 Å². The van der Waals surface area contributed by atoms with Gasteiger partial charge in [-0.3, -0.25) is 37.3 Å². The van der Waals surface area contributed by atoms with Gasteiger partial charge in [0, 0.05) is 25.7 Å². The number of rotatable bonds is 76. The number of phosphoric ester groups is 2. The van der Waals surface area contributed by atoms with Gasteiger partial charge in [0.05, 0.1) is 26.4 Å². The maximum Gasteiger partial charge on any atom is 0.472 e. The quantitative estimate of drug-likeness (QED) is 0.0222. The summed E-state index contributed by atoms with van der Waals surface area (Å²) in [6, 6.07) is 0. The van der Waals surface area contributed by atoms with Gasteiger partial charge in [-0.25, -0.2) is 9.13 Å². The number of carbonyl (C=O) groups excluding carboxylic acids is 4.